The summed E-state index contributed by atoms with van der Waals surface area (Å²) in [7, 11) is 3.32. The Labute approximate surface area is 142 Å². The highest BCUT2D eigenvalue weighted by atomic mass is 16.5. The lowest BCUT2D eigenvalue weighted by Gasteiger charge is -2.13. The van der Waals surface area contributed by atoms with Crippen LogP contribution >= 0.6 is 0 Å². The molecule has 0 aromatic heterocycles. The highest BCUT2D eigenvalue weighted by molar-refractivity contribution is 6.04. The minimum absolute atomic E-state index is 0.286. The highest BCUT2D eigenvalue weighted by Gasteiger charge is 2.22. The first-order valence-corrected chi connectivity index (χ1v) is 8.24. The van der Waals surface area contributed by atoms with Crippen molar-refractivity contribution in [3.05, 3.63) is 65.2 Å². The summed E-state index contributed by atoms with van der Waals surface area (Å²) in [6.07, 6.45) is 3.24. The van der Waals surface area contributed by atoms with Gasteiger partial charge in [0.1, 0.15) is 11.5 Å². The summed E-state index contributed by atoms with van der Waals surface area (Å²) in [5, 5.41) is 0. The van der Waals surface area contributed by atoms with Gasteiger partial charge in [0.05, 0.1) is 14.2 Å². The molecule has 2 aromatic rings. The van der Waals surface area contributed by atoms with Crippen LogP contribution in [0.3, 0.4) is 0 Å². The van der Waals surface area contributed by atoms with Gasteiger partial charge in [-0.2, -0.15) is 0 Å². The van der Waals surface area contributed by atoms with Crippen LogP contribution in [0.25, 0.3) is 5.57 Å². The second-order valence-electron chi connectivity index (χ2n) is 5.99. The molecule has 0 heterocycles. The van der Waals surface area contributed by atoms with Crippen LogP contribution in [-0.2, 0) is 11.2 Å². The third kappa shape index (κ3) is 3.51. The number of benzene rings is 2. The number of carbonyl (C=O) groups excluding carboxylic acids is 1. The van der Waals surface area contributed by atoms with E-state index in [2.05, 4.69) is 12.1 Å². The third-order valence-corrected chi connectivity index (χ3v) is 4.51. The van der Waals surface area contributed by atoms with Crippen molar-refractivity contribution in [2.75, 3.05) is 14.2 Å². The van der Waals surface area contributed by atoms with Gasteiger partial charge in [0, 0.05) is 6.42 Å². The number of ketones is 1. The van der Waals surface area contributed by atoms with Crippen molar-refractivity contribution >= 4 is 11.4 Å². The topological polar surface area (TPSA) is 35.5 Å². The number of rotatable bonds is 5. The van der Waals surface area contributed by atoms with Gasteiger partial charge < -0.3 is 9.47 Å². The molecule has 0 unspecified atom stereocenters. The molecule has 3 heteroatoms. The Kier molecular flexibility index (Phi) is 4.99. The Balaban J connectivity index is 1.96. The van der Waals surface area contributed by atoms with Crippen LogP contribution in [0, 0.1) is 0 Å². The summed E-state index contributed by atoms with van der Waals surface area (Å²) < 4.78 is 10.5. The first kappa shape index (κ1) is 16.3. The molecule has 0 aliphatic heterocycles. The van der Waals surface area contributed by atoms with Gasteiger partial charge in [0.2, 0.25) is 0 Å². The Morgan fingerprint density at radius 3 is 1.96 bits per heavy atom. The van der Waals surface area contributed by atoms with Gasteiger partial charge in [-0.3, -0.25) is 4.79 Å². The lowest BCUT2D eigenvalue weighted by atomic mass is 9.92. The van der Waals surface area contributed by atoms with Gasteiger partial charge in [-0.15, -0.1) is 0 Å². The molecule has 3 nitrogen and oxygen atoms in total. The van der Waals surface area contributed by atoms with Gasteiger partial charge in [0.15, 0.2) is 5.78 Å². The molecule has 0 N–H and O–H groups in total. The Morgan fingerprint density at radius 2 is 1.46 bits per heavy atom. The number of methoxy groups -OCH3 is 2. The summed E-state index contributed by atoms with van der Waals surface area (Å²) in [6, 6.07) is 16.0. The van der Waals surface area contributed by atoms with E-state index in [4.69, 9.17) is 9.47 Å². The van der Waals surface area contributed by atoms with Crippen molar-refractivity contribution in [3.8, 4) is 11.5 Å². The monoisotopic (exact) mass is 322 g/mol. The fourth-order valence-electron chi connectivity index (χ4n) is 3.16. The van der Waals surface area contributed by atoms with E-state index >= 15 is 0 Å². The molecule has 0 amide bonds. The zero-order valence-corrected chi connectivity index (χ0v) is 14.2. The first-order valence-electron chi connectivity index (χ1n) is 8.24. The second-order valence-corrected chi connectivity index (χ2v) is 5.99. The Bertz CT molecular complexity index is 740. The minimum atomic E-state index is 0.286. The zero-order chi connectivity index (χ0) is 16.9. The quantitative estimate of drug-likeness (QED) is 0.763. The van der Waals surface area contributed by atoms with Gasteiger partial charge in [-0.05, 0) is 65.8 Å². The molecular weight excluding hydrogens is 300 g/mol. The van der Waals surface area contributed by atoms with Crippen LogP contribution < -0.4 is 9.47 Å². The number of hydrogen-bond donors (Lipinski definition) is 0. The maximum absolute atomic E-state index is 12.3. The zero-order valence-electron chi connectivity index (χ0n) is 14.2. The van der Waals surface area contributed by atoms with E-state index in [9.17, 15) is 4.79 Å². The summed E-state index contributed by atoms with van der Waals surface area (Å²) in [4.78, 5) is 12.3. The smallest absolute Gasteiger partial charge is 0.159 e. The molecule has 0 spiro atoms. The first-order chi connectivity index (χ1) is 11.7. The van der Waals surface area contributed by atoms with Gasteiger partial charge in [0.25, 0.3) is 0 Å². The summed E-state index contributed by atoms with van der Waals surface area (Å²) in [5.41, 5.74) is 4.38. The van der Waals surface area contributed by atoms with E-state index in [1.54, 1.807) is 14.2 Å². The molecule has 0 atom stereocenters. The van der Waals surface area contributed by atoms with Crippen LogP contribution in [0.4, 0.5) is 0 Å². The Hall–Kier alpha value is -2.55. The van der Waals surface area contributed by atoms with E-state index in [0.717, 1.165) is 47.5 Å². The highest BCUT2D eigenvalue weighted by Crippen LogP contribution is 2.32. The fraction of sp³-hybridized carbons (Fsp3) is 0.286. The van der Waals surface area contributed by atoms with Crippen LogP contribution in [0.1, 0.15) is 30.4 Å². The molecule has 124 valence electrons. The van der Waals surface area contributed by atoms with Crippen molar-refractivity contribution in [1.82, 2.24) is 0 Å². The maximum Gasteiger partial charge on any atom is 0.159 e. The van der Waals surface area contributed by atoms with E-state index < -0.39 is 0 Å². The molecule has 2 aromatic carbocycles. The average molecular weight is 322 g/mol. The third-order valence-electron chi connectivity index (χ3n) is 4.51. The normalized spacial score (nSPS) is 16.2. The second kappa shape index (κ2) is 7.35. The molecule has 0 radical (unpaired) electrons. The molecule has 1 fully saturated rings. The predicted molar refractivity (Wildman–Crippen MR) is 95.5 cm³/mol. The standard InChI is InChI=1S/C21H22O3/c1-23-17-10-6-15(7-11-17)14-20(19-4-3-5-21(19)22)16-8-12-18(24-2)13-9-16/h6-13H,3-5,14H2,1-2H3/b20-19+. The lowest BCUT2D eigenvalue weighted by Crippen LogP contribution is -2.01. The van der Waals surface area contributed by atoms with E-state index in [-0.39, 0.29) is 5.78 Å². The van der Waals surface area contributed by atoms with Gasteiger partial charge >= 0.3 is 0 Å². The molecule has 0 bridgehead atoms. The van der Waals surface area contributed by atoms with Crippen LogP contribution in [0.2, 0.25) is 0 Å². The average Bonchev–Trinajstić information content (AvgIpc) is 3.06. The van der Waals surface area contributed by atoms with Crippen LogP contribution in [0.15, 0.2) is 54.1 Å². The Morgan fingerprint density at radius 1 is 0.875 bits per heavy atom. The molecule has 24 heavy (non-hydrogen) atoms. The van der Waals surface area contributed by atoms with Crippen molar-refractivity contribution < 1.29 is 14.3 Å². The molecule has 1 saturated carbocycles. The number of Topliss-reactive ketones (excluding diaryl/α,β-unsaturated/α-hetero) is 1. The SMILES string of the molecule is COc1ccc(C/C(=C2/CCCC2=O)c2ccc(OC)cc2)cc1. The van der Waals surface area contributed by atoms with Crippen molar-refractivity contribution in [2.24, 2.45) is 0 Å². The molecule has 3 rings (SSSR count). The van der Waals surface area contributed by atoms with Crippen molar-refractivity contribution in [2.45, 2.75) is 25.7 Å². The van der Waals surface area contributed by atoms with E-state index in [0.29, 0.717) is 6.42 Å². The number of ether oxygens (including phenoxy) is 2. The van der Waals surface area contributed by atoms with Gasteiger partial charge in [-0.25, -0.2) is 0 Å². The van der Waals surface area contributed by atoms with E-state index in [1.165, 1.54) is 5.56 Å². The summed E-state index contributed by atoms with van der Waals surface area (Å²) in [5.74, 6) is 1.95. The summed E-state index contributed by atoms with van der Waals surface area (Å²) >= 11 is 0. The van der Waals surface area contributed by atoms with E-state index in [1.807, 2.05) is 36.4 Å². The van der Waals surface area contributed by atoms with Crippen molar-refractivity contribution in [3.63, 3.8) is 0 Å². The molecular formula is C21H22O3. The predicted octanol–water partition coefficient (Wildman–Crippen LogP) is 4.45. The molecule has 0 saturated heterocycles. The van der Waals surface area contributed by atoms with Crippen molar-refractivity contribution in [1.29, 1.82) is 0 Å². The largest absolute Gasteiger partial charge is 0.497 e. The number of hydrogen-bond acceptors (Lipinski definition) is 3. The molecule has 1 aliphatic carbocycles. The van der Waals surface area contributed by atoms with Crippen LogP contribution in [0.5, 0.6) is 11.5 Å². The van der Waals surface area contributed by atoms with Crippen LogP contribution in [-0.4, -0.2) is 20.0 Å². The van der Waals surface area contributed by atoms with Gasteiger partial charge in [-0.1, -0.05) is 24.3 Å². The minimum Gasteiger partial charge on any atom is -0.497 e. The number of allylic oxidation sites excluding steroid dienone is 2. The lowest BCUT2D eigenvalue weighted by molar-refractivity contribution is -0.114. The molecule has 1 aliphatic rings. The maximum atomic E-state index is 12.3. The summed E-state index contributed by atoms with van der Waals surface area (Å²) in [6.45, 7) is 0. The fourth-order valence-corrected chi connectivity index (χ4v) is 3.16. The number of carbonyl (C=O) groups is 1.